The molecule has 1 aliphatic rings. The molecule has 0 radical (unpaired) electrons. The van der Waals surface area contributed by atoms with Crippen LogP contribution in [0, 0.1) is 10.1 Å². The third-order valence-corrected chi connectivity index (χ3v) is 4.30. The van der Waals surface area contributed by atoms with Gasteiger partial charge in [0.05, 0.1) is 11.3 Å². The second-order valence-corrected chi connectivity index (χ2v) is 5.68. The Morgan fingerprint density at radius 3 is 2.81 bits per heavy atom. The standard InChI is InChI=1S/C13H16BrN3O3.ClH/c14-12-7-10(17(19)20)4-3-9(12)6-13(18)16-5-1-2-11(16)8-15;/h3-4,7,11H,1-2,5-6,8,15H2;1H. The van der Waals surface area contributed by atoms with E-state index in [9.17, 15) is 14.9 Å². The Morgan fingerprint density at radius 1 is 1.52 bits per heavy atom. The van der Waals surface area contributed by atoms with Gasteiger partial charge in [-0.05, 0) is 18.4 Å². The van der Waals surface area contributed by atoms with Gasteiger partial charge in [0.15, 0.2) is 0 Å². The molecule has 21 heavy (non-hydrogen) atoms. The van der Waals surface area contributed by atoms with Crippen molar-refractivity contribution in [2.45, 2.75) is 25.3 Å². The van der Waals surface area contributed by atoms with Crippen LogP contribution in [0.4, 0.5) is 5.69 Å². The topological polar surface area (TPSA) is 89.5 Å². The van der Waals surface area contributed by atoms with E-state index < -0.39 is 4.92 Å². The first-order chi connectivity index (χ1) is 9.52. The number of nitro benzene ring substituents is 1. The molecule has 1 atom stereocenters. The number of non-ortho nitro benzene ring substituents is 1. The van der Waals surface area contributed by atoms with Gasteiger partial charge in [0.25, 0.3) is 5.69 Å². The number of benzene rings is 1. The zero-order valence-electron chi connectivity index (χ0n) is 11.3. The minimum Gasteiger partial charge on any atom is -0.338 e. The summed E-state index contributed by atoms with van der Waals surface area (Å²) < 4.78 is 0.587. The Labute approximate surface area is 137 Å². The Bertz CT molecular complexity index is 541. The maximum Gasteiger partial charge on any atom is 0.270 e. The van der Waals surface area contributed by atoms with Gasteiger partial charge in [0.1, 0.15) is 0 Å². The number of hydrogen-bond donors (Lipinski definition) is 1. The van der Waals surface area contributed by atoms with E-state index in [1.54, 1.807) is 6.07 Å². The summed E-state index contributed by atoms with van der Waals surface area (Å²) in [6, 6.07) is 4.58. The number of halogens is 2. The molecular formula is C13H17BrClN3O3. The normalized spacial score (nSPS) is 17.4. The van der Waals surface area contributed by atoms with Gasteiger partial charge in [0, 0.05) is 35.7 Å². The van der Waals surface area contributed by atoms with Crippen molar-refractivity contribution >= 4 is 39.9 Å². The quantitative estimate of drug-likeness (QED) is 0.643. The fourth-order valence-electron chi connectivity index (χ4n) is 2.47. The predicted molar refractivity (Wildman–Crippen MR) is 85.5 cm³/mol. The first-order valence-electron chi connectivity index (χ1n) is 6.45. The fraction of sp³-hybridized carbons (Fsp3) is 0.462. The van der Waals surface area contributed by atoms with Crippen molar-refractivity contribution in [3.05, 3.63) is 38.3 Å². The van der Waals surface area contributed by atoms with Gasteiger partial charge >= 0.3 is 0 Å². The molecule has 8 heteroatoms. The van der Waals surface area contributed by atoms with Gasteiger partial charge in [-0.15, -0.1) is 12.4 Å². The summed E-state index contributed by atoms with van der Waals surface area (Å²) in [6.45, 7) is 1.22. The van der Waals surface area contributed by atoms with Crippen molar-refractivity contribution in [2.75, 3.05) is 13.1 Å². The molecule has 1 amide bonds. The van der Waals surface area contributed by atoms with Crippen LogP contribution in [0.5, 0.6) is 0 Å². The van der Waals surface area contributed by atoms with Crippen molar-refractivity contribution < 1.29 is 9.72 Å². The van der Waals surface area contributed by atoms with E-state index in [-0.39, 0.29) is 36.5 Å². The maximum atomic E-state index is 12.3. The van der Waals surface area contributed by atoms with Crippen LogP contribution in [0.15, 0.2) is 22.7 Å². The predicted octanol–water partition coefficient (Wildman–Crippen LogP) is 2.27. The highest BCUT2D eigenvalue weighted by atomic mass is 79.9. The van der Waals surface area contributed by atoms with Crippen LogP contribution in [0.1, 0.15) is 18.4 Å². The molecule has 2 N–H and O–H groups in total. The van der Waals surface area contributed by atoms with Gasteiger partial charge < -0.3 is 10.6 Å². The molecule has 1 heterocycles. The molecule has 2 rings (SSSR count). The van der Waals surface area contributed by atoms with E-state index in [0.29, 0.717) is 11.0 Å². The molecule has 0 aromatic heterocycles. The average Bonchev–Trinajstić information content (AvgIpc) is 2.89. The molecule has 0 aliphatic carbocycles. The summed E-state index contributed by atoms with van der Waals surface area (Å²) in [5.41, 5.74) is 6.42. The van der Waals surface area contributed by atoms with Crippen molar-refractivity contribution in [1.29, 1.82) is 0 Å². The molecule has 1 aliphatic heterocycles. The molecule has 6 nitrogen and oxygen atoms in total. The zero-order valence-corrected chi connectivity index (χ0v) is 13.7. The molecule has 116 valence electrons. The average molecular weight is 379 g/mol. The van der Waals surface area contributed by atoms with Gasteiger partial charge in [-0.25, -0.2) is 0 Å². The summed E-state index contributed by atoms with van der Waals surface area (Å²) in [6.07, 6.45) is 2.16. The molecule has 0 bridgehead atoms. The Kier molecular flexibility index (Phi) is 6.57. The summed E-state index contributed by atoms with van der Waals surface area (Å²) in [7, 11) is 0. The second-order valence-electron chi connectivity index (χ2n) is 4.83. The van der Waals surface area contributed by atoms with Crippen LogP contribution < -0.4 is 5.73 Å². The van der Waals surface area contributed by atoms with Crippen LogP contribution in [0.3, 0.4) is 0 Å². The third-order valence-electron chi connectivity index (χ3n) is 3.56. The minimum atomic E-state index is -0.457. The number of carbonyl (C=O) groups is 1. The van der Waals surface area contributed by atoms with Crippen molar-refractivity contribution in [2.24, 2.45) is 5.73 Å². The lowest BCUT2D eigenvalue weighted by Gasteiger charge is -2.23. The summed E-state index contributed by atoms with van der Waals surface area (Å²) in [5.74, 6) is 0.0208. The lowest BCUT2D eigenvalue weighted by Crippen LogP contribution is -2.40. The molecule has 0 spiro atoms. The lowest BCUT2D eigenvalue weighted by molar-refractivity contribution is -0.384. The van der Waals surface area contributed by atoms with Gasteiger partial charge in [-0.3, -0.25) is 14.9 Å². The smallest absolute Gasteiger partial charge is 0.270 e. The number of carbonyl (C=O) groups excluding carboxylic acids is 1. The number of nitrogens with two attached hydrogens (primary N) is 1. The van der Waals surface area contributed by atoms with E-state index in [0.717, 1.165) is 24.9 Å². The van der Waals surface area contributed by atoms with Crippen molar-refractivity contribution in [1.82, 2.24) is 4.90 Å². The Morgan fingerprint density at radius 2 is 2.24 bits per heavy atom. The van der Waals surface area contributed by atoms with E-state index in [1.165, 1.54) is 12.1 Å². The van der Waals surface area contributed by atoms with E-state index in [4.69, 9.17) is 5.73 Å². The van der Waals surface area contributed by atoms with Crippen LogP contribution in [-0.2, 0) is 11.2 Å². The van der Waals surface area contributed by atoms with E-state index in [1.807, 2.05) is 4.90 Å². The largest absolute Gasteiger partial charge is 0.338 e. The molecule has 1 unspecified atom stereocenters. The third kappa shape index (κ3) is 4.15. The van der Waals surface area contributed by atoms with Crippen LogP contribution >= 0.6 is 28.3 Å². The molecule has 1 aromatic rings. The highest BCUT2D eigenvalue weighted by Crippen LogP contribution is 2.25. The number of nitrogens with zero attached hydrogens (tertiary/aromatic N) is 2. The number of rotatable bonds is 4. The molecule has 1 saturated heterocycles. The first kappa shape index (κ1) is 17.9. The Balaban J connectivity index is 0.00000220. The Hall–Kier alpha value is -1.18. The van der Waals surface area contributed by atoms with Gasteiger partial charge in [-0.2, -0.15) is 0 Å². The summed E-state index contributed by atoms with van der Waals surface area (Å²) in [4.78, 5) is 24.3. The maximum absolute atomic E-state index is 12.3. The molecule has 1 aromatic carbocycles. The van der Waals surface area contributed by atoms with Crippen molar-refractivity contribution in [3.63, 3.8) is 0 Å². The number of likely N-dealkylation sites (tertiary alicyclic amines) is 1. The molecule has 0 saturated carbocycles. The van der Waals surface area contributed by atoms with Crippen LogP contribution in [0.2, 0.25) is 0 Å². The fourth-order valence-corrected chi connectivity index (χ4v) is 2.97. The van der Waals surface area contributed by atoms with Gasteiger partial charge in [0.2, 0.25) is 5.91 Å². The second kappa shape index (κ2) is 7.72. The molecule has 1 fully saturated rings. The van der Waals surface area contributed by atoms with Crippen LogP contribution in [0.25, 0.3) is 0 Å². The highest BCUT2D eigenvalue weighted by molar-refractivity contribution is 9.10. The molecular weight excluding hydrogens is 362 g/mol. The minimum absolute atomic E-state index is 0. The summed E-state index contributed by atoms with van der Waals surface area (Å²) in [5, 5.41) is 10.7. The zero-order chi connectivity index (χ0) is 14.7. The van der Waals surface area contributed by atoms with Gasteiger partial charge in [-0.1, -0.05) is 22.0 Å². The highest BCUT2D eigenvalue weighted by Gasteiger charge is 2.27. The van der Waals surface area contributed by atoms with E-state index in [2.05, 4.69) is 15.9 Å². The SMILES string of the molecule is Cl.NCC1CCCN1C(=O)Cc1ccc([N+](=O)[O-])cc1Br. The number of amides is 1. The first-order valence-corrected chi connectivity index (χ1v) is 7.24. The monoisotopic (exact) mass is 377 g/mol. The number of nitro groups is 1. The van der Waals surface area contributed by atoms with Crippen molar-refractivity contribution in [3.8, 4) is 0 Å². The summed E-state index contributed by atoms with van der Waals surface area (Å²) >= 11 is 3.28. The lowest BCUT2D eigenvalue weighted by atomic mass is 10.1. The number of hydrogen-bond acceptors (Lipinski definition) is 4. The van der Waals surface area contributed by atoms with Crippen LogP contribution in [-0.4, -0.2) is 34.9 Å². The van der Waals surface area contributed by atoms with E-state index >= 15 is 0 Å².